The first-order valence-electron chi connectivity index (χ1n) is 5.22. The first kappa shape index (κ1) is 11.3. The molecule has 0 bridgehead atoms. The zero-order valence-corrected chi connectivity index (χ0v) is 9.38. The number of ketones is 1. The SMILES string of the molecule is CC(=O)Cc1noc(Cc2ccc(O)cc2)n1. The fourth-order valence-corrected chi connectivity index (χ4v) is 1.44. The van der Waals surface area contributed by atoms with Gasteiger partial charge in [0.05, 0.1) is 12.8 Å². The van der Waals surface area contributed by atoms with Gasteiger partial charge in [-0.2, -0.15) is 4.98 Å². The summed E-state index contributed by atoms with van der Waals surface area (Å²) in [4.78, 5) is 15.0. The lowest BCUT2D eigenvalue weighted by atomic mass is 10.1. The highest BCUT2D eigenvalue weighted by Gasteiger charge is 2.08. The van der Waals surface area contributed by atoms with Crippen LogP contribution in [0.5, 0.6) is 5.75 Å². The molecule has 0 amide bonds. The van der Waals surface area contributed by atoms with E-state index in [0.29, 0.717) is 18.1 Å². The maximum absolute atomic E-state index is 10.9. The number of nitrogens with zero attached hydrogens (tertiary/aromatic N) is 2. The first-order chi connectivity index (χ1) is 8.13. The van der Waals surface area contributed by atoms with Gasteiger partial charge in [-0.3, -0.25) is 4.79 Å². The lowest BCUT2D eigenvalue weighted by molar-refractivity contribution is -0.116. The number of hydrogen-bond acceptors (Lipinski definition) is 5. The molecule has 0 aliphatic carbocycles. The summed E-state index contributed by atoms with van der Waals surface area (Å²) in [6, 6.07) is 6.76. The van der Waals surface area contributed by atoms with Crippen LogP contribution in [0.3, 0.4) is 0 Å². The molecule has 2 aromatic rings. The van der Waals surface area contributed by atoms with Crippen LogP contribution < -0.4 is 0 Å². The van der Waals surface area contributed by atoms with Crippen LogP contribution in [-0.4, -0.2) is 21.0 Å². The van der Waals surface area contributed by atoms with Crippen molar-refractivity contribution >= 4 is 5.78 Å². The zero-order chi connectivity index (χ0) is 12.3. The molecule has 0 unspecified atom stereocenters. The normalized spacial score (nSPS) is 10.4. The maximum Gasteiger partial charge on any atom is 0.231 e. The molecule has 0 aliphatic heterocycles. The summed E-state index contributed by atoms with van der Waals surface area (Å²) in [6.07, 6.45) is 0.685. The van der Waals surface area contributed by atoms with E-state index in [4.69, 9.17) is 9.63 Å². The second-order valence-electron chi connectivity index (χ2n) is 3.83. The van der Waals surface area contributed by atoms with Crippen LogP contribution >= 0.6 is 0 Å². The molecule has 0 atom stereocenters. The van der Waals surface area contributed by atoms with Gasteiger partial charge in [0.1, 0.15) is 11.5 Å². The van der Waals surface area contributed by atoms with E-state index in [9.17, 15) is 4.79 Å². The van der Waals surface area contributed by atoms with Gasteiger partial charge in [-0.15, -0.1) is 0 Å². The molecule has 0 fully saturated rings. The highest BCUT2D eigenvalue weighted by atomic mass is 16.5. The van der Waals surface area contributed by atoms with Crippen molar-refractivity contribution in [1.82, 2.24) is 10.1 Å². The molecule has 0 saturated heterocycles. The number of rotatable bonds is 4. The molecule has 2 rings (SSSR count). The van der Waals surface area contributed by atoms with E-state index in [1.54, 1.807) is 24.3 Å². The molecule has 0 spiro atoms. The van der Waals surface area contributed by atoms with Crippen molar-refractivity contribution in [3.8, 4) is 5.75 Å². The van der Waals surface area contributed by atoms with Gasteiger partial charge in [-0.25, -0.2) is 0 Å². The largest absolute Gasteiger partial charge is 0.508 e. The molecular formula is C12H12N2O3. The van der Waals surface area contributed by atoms with Crippen molar-refractivity contribution in [2.45, 2.75) is 19.8 Å². The number of hydrogen-bond donors (Lipinski definition) is 1. The number of aromatic hydroxyl groups is 1. The lowest BCUT2D eigenvalue weighted by Gasteiger charge is -1.96. The van der Waals surface area contributed by atoms with Gasteiger partial charge in [-0.05, 0) is 24.6 Å². The summed E-state index contributed by atoms with van der Waals surface area (Å²) in [6.45, 7) is 1.48. The Morgan fingerprint density at radius 2 is 2.06 bits per heavy atom. The number of phenolic OH excluding ortho intramolecular Hbond substituents is 1. The molecule has 0 radical (unpaired) electrons. The van der Waals surface area contributed by atoms with E-state index < -0.39 is 0 Å². The molecule has 1 aromatic carbocycles. The Hall–Kier alpha value is -2.17. The van der Waals surface area contributed by atoms with E-state index in [-0.39, 0.29) is 18.0 Å². The average molecular weight is 232 g/mol. The molecule has 5 heteroatoms. The smallest absolute Gasteiger partial charge is 0.231 e. The van der Waals surface area contributed by atoms with Crippen LogP contribution in [0.2, 0.25) is 0 Å². The molecule has 0 aliphatic rings. The van der Waals surface area contributed by atoms with Gasteiger partial charge in [0.2, 0.25) is 5.89 Å². The van der Waals surface area contributed by atoms with E-state index in [1.807, 2.05) is 0 Å². The molecule has 1 N–H and O–H groups in total. The molecule has 1 heterocycles. The Balaban J connectivity index is 2.06. The van der Waals surface area contributed by atoms with E-state index in [2.05, 4.69) is 10.1 Å². The Morgan fingerprint density at radius 1 is 1.35 bits per heavy atom. The molecule has 88 valence electrons. The quantitative estimate of drug-likeness (QED) is 0.864. The Morgan fingerprint density at radius 3 is 2.71 bits per heavy atom. The fraction of sp³-hybridized carbons (Fsp3) is 0.250. The van der Waals surface area contributed by atoms with Gasteiger partial charge in [0, 0.05) is 0 Å². The predicted octanol–water partition coefficient (Wildman–Crippen LogP) is 1.50. The van der Waals surface area contributed by atoms with Crippen LogP contribution in [-0.2, 0) is 17.6 Å². The van der Waals surface area contributed by atoms with Crippen LogP contribution in [0.25, 0.3) is 0 Å². The van der Waals surface area contributed by atoms with Crippen molar-refractivity contribution < 1.29 is 14.4 Å². The number of carbonyl (C=O) groups excluding carboxylic acids is 1. The Bertz CT molecular complexity index is 517. The van der Waals surface area contributed by atoms with Crippen molar-refractivity contribution in [3.63, 3.8) is 0 Å². The fourth-order valence-electron chi connectivity index (χ4n) is 1.44. The zero-order valence-electron chi connectivity index (χ0n) is 9.38. The monoisotopic (exact) mass is 232 g/mol. The van der Waals surface area contributed by atoms with Gasteiger partial charge in [0.15, 0.2) is 5.82 Å². The van der Waals surface area contributed by atoms with Crippen LogP contribution in [0.4, 0.5) is 0 Å². The molecule has 17 heavy (non-hydrogen) atoms. The summed E-state index contributed by atoms with van der Waals surface area (Å²) in [5.74, 6) is 1.09. The second kappa shape index (κ2) is 4.78. The second-order valence-corrected chi connectivity index (χ2v) is 3.83. The molecular weight excluding hydrogens is 220 g/mol. The highest BCUT2D eigenvalue weighted by molar-refractivity contribution is 5.77. The first-order valence-corrected chi connectivity index (χ1v) is 5.22. The van der Waals surface area contributed by atoms with Crippen molar-refractivity contribution in [1.29, 1.82) is 0 Å². The lowest BCUT2D eigenvalue weighted by Crippen LogP contribution is -1.98. The van der Waals surface area contributed by atoms with Gasteiger partial charge in [-0.1, -0.05) is 17.3 Å². The van der Waals surface area contributed by atoms with Crippen molar-refractivity contribution in [2.75, 3.05) is 0 Å². The minimum Gasteiger partial charge on any atom is -0.508 e. The van der Waals surface area contributed by atoms with Crippen molar-refractivity contribution in [3.05, 3.63) is 41.5 Å². The molecule has 0 saturated carbocycles. The standard InChI is InChI=1S/C12H12N2O3/c1-8(15)6-11-13-12(17-14-11)7-9-2-4-10(16)5-3-9/h2-5,16H,6-7H2,1H3. The maximum atomic E-state index is 10.9. The molecule has 1 aromatic heterocycles. The third kappa shape index (κ3) is 3.14. The summed E-state index contributed by atoms with van der Waals surface area (Å²) in [5.41, 5.74) is 0.959. The minimum atomic E-state index is 0.00184. The van der Waals surface area contributed by atoms with Gasteiger partial charge < -0.3 is 9.63 Å². The van der Waals surface area contributed by atoms with Crippen LogP contribution in [0.15, 0.2) is 28.8 Å². The predicted molar refractivity (Wildman–Crippen MR) is 59.6 cm³/mol. The summed E-state index contributed by atoms with van der Waals surface area (Å²) >= 11 is 0. The number of aromatic nitrogens is 2. The van der Waals surface area contributed by atoms with E-state index in [1.165, 1.54) is 6.92 Å². The van der Waals surface area contributed by atoms with Crippen molar-refractivity contribution in [2.24, 2.45) is 0 Å². The van der Waals surface area contributed by atoms with E-state index in [0.717, 1.165) is 5.56 Å². The minimum absolute atomic E-state index is 0.00184. The third-order valence-electron chi connectivity index (χ3n) is 2.21. The summed E-state index contributed by atoms with van der Waals surface area (Å²) in [7, 11) is 0. The highest BCUT2D eigenvalue weighted by Crippen LogP contribution is 2.13. The Labute approximate surface area is 98.1 Å². The number of benzene rings is 1. The topological polar surface area (TPSA) is 76.2 Å². The molecule has 5 nitrogen and oxygen atoms in total. The Kier molecular flexibility index (Phi) is 3.18. The van der Waals surface area contributed by atoms with Crippen LogP contribution in [0.1, 0.15) is 24.2 Å². The summed E-state index contributed by atoms with van der Waals surface area (Å²) < 4.78 is 5.02. The van der Waals surface area contributed by atoms with E-state index >= 15 is 0 Å². The average Bonchev–Trinajstić information content (AvgIpc) is 2.68. The third-order valence-corrected chi connectivity index (χ3v) is 2.21. The van der Waals surface area contributed by atoms with Gasteiger partial charge in [0.25, 0.3) is 0 Å². The number of Topliss-reactive ketones (excluding diaryl/α,β-unsaturated/α-hetero) is 1. The number of carbonyl (C=O) groups is 1. The van der Waals surface area contributed by atoms with Crippen LogP contribution in [0, 0.1) is 0 Å². The van der Waals surface area contributed by atoms with Gasteiger partial charge >= 0.3 is 0 Å². The summed E-state index contributed by atoms with van der Waals surface area (Å²) in [5, 5.41) is 12.9. The number of phenols is 1.